The van der Waals surface area contributed by atoms with E-state index in [1.807, 2.05) is 26.0 Å². The van der Waals surface area contributed by atoms with Crippen molar-refractivity contribution in [3.05, 3.63) is 29.3 Å². The molecule has 0 unspecified atom stereocenters. The van der Waals surface area contributed by atoms with Crippen molar-refractivity contribution in [3.8, 4) is 6.07 Å². The molecule has 0 saturated carbocycles. The van der Waals surface area contributed by atoms with Crippen LogP contribution < -0.4 is 5.32 Å². The van der Waals surface area contributed by atoms with Gasteiger partial charge in [0.15, 0.2) is 0 Å². The number of nitrogens with one attached hydrogen (secondary N) is 1. The van der Waals surface area contributed by atoms with Crippen LogP contribution in [0, 0.1) is 18.3 Å². The predicted molar refractivity (Wildman–Crippen MR) is 70.3 cm³/mol. The van der Waals surface area contributed by atoms with Crippen molar-refractivity contribution in [3.63, 3.8) is 0 Å². The Labute approximate surface area is 108 Å². The van der Waals surface area contributed by atoms with E-state index in [4.69, 9.17) is 10.00 Å². The number of ether oxygens (including phenoxy) is 1. The first-order chi connectivity index (χ1) is 8.69. The molecular formula is C14H18N2O2. The standard InChI is InChI=1S/C14H18N2O2/c1-3-18-9-5-8-14(17)16-13-7-4-6-11(2)12(13)10-15/h4,6-7H,3,5,8-9H2,1-2H3,(H,16,17). The van der Waals surface area contributed by atoms with Crippen molar-refractivity contribution in [1.82, 2.24) is 0 Å². The van der Waals surface area contributed by atoms with Crippen LogP contribution in [0.15, 0.2) is 18.2 Å². The Morgan fingerprint density at radius 1 is 1.50 bits per heavy atom. The number of rotatable bonds is 6. The van der Waals surface area contributed by atoms with Gasteiger partial charge >= 0.3 is 0 Å². The highest BCUT2D eigenvalue weighted by Crippen LogP contribution is 2.18. The van der Waals surface area contributed by atoms with Gasteiger partial charge < -0.3 is 10.1 Å². The second-order valence-electron chi connectivity index (χ2n) is 3.96. The summed E-state index contributed by atoms with van der Waals surface area (Å²) in [7, 11) is 0. The van der Waals surface area contributed by atoms with Crippen molar-refractivity contribution in [1.29, 1.82) is 5.26 Å². The zero-order valence-electron chi connectivity index (χ0n) is 10.8. The summed E-state index contributed by atoms with van der Waals surface area (Å²) in [6, 6.07) is 7.52. The molecule has 18 heavy (non-hydrogen) atoms. The number of carbonyl (C=O) groups excluding carboxylic acids is 1. The minimum atomic E-state index is -0.0863. The Balaban J connectivity index is 2.55. The van der Waals surface area contributed by atoms with Gasteiger partial charge in [0.2, 0.25) is 5.91 Å². The molecule has 0 atom stereocenters. The lowest BCUT2D eigenvalue weighted by molar-refractivity contribution is -0.116. The van der Waals surface area contributed by atoms with E-state index in [-0.39, 0.29) is 5.91 Å². The minimum Gasteiger partial charge on any atom is -0.382 e. The molecule has 0 aliphatic rings. The number of anilines is 1. The molecule has 0 spiro atoms. The first kappa shape index (κ1) is 14.2. The van der Waals surface area contributed by atoms with Crippen LogP contribution in [-0.2, 0) is 9.53 Å². The van der Waals surface area contributed by atoms with Crippen LogP contribution in [0.25, 0.3) is 0 Å². The fourth-order valence-electron chi connectivity index (χ4n) is 1.61. The molecule has 1 rings (SSSR count). The molecule has 0 bridgehead atoms. The monoisotopic (exact) mass is 246 g/mol. The summed E-state index contributed by atoms with van der Waals surface area (Å²) in [5, 5.41) is 11.8. The van der Waals surface area contributed by atoms with Gasteiger partial charge in [-0.2, -0.15) is 5.26 Å². The van der Waals surface area contributed by atoms with E-state index in [1.165, 1.54) is 0 Å². The predicted octanol–water partition coefficient (Wildman–Crippen LogP) is 2.62. The Kier molecular flexibility index (Phi) is 5.89. The number of amides is 1. The molecule has 0 heterocycles. The number of benzene rings is 1. The summed E-state index contributed by atoms with van der Waals surface area (Å²) in [6.45, 7) is 5.02. The van der Waals surface area contributed by atoms with E-state index in [0.29, 0.717) is 37.3 Å². The molecule has 96 valence electrons. The summed E-state index contributed by atoms with van der Waals surface area (Å²) in [6.07, 6.45) is 1.09. The van der Waals surface area contributed by atoms with Gasteiger partial charge in [0.05, 0.1) is 11.3 Å². The van der Waals surface area contributed by atoms with Crippen LogP contribution in [0.4, 0.5) is 5.69 Å². The van der Waals surface area contributed by atoms with Crippen LogP contribution in [-0.4, -0.2) is 19.1 Å². The largest absolute Gasteiger partial charge is 0.382 e. The Morgan fingerprint density at radius 3 is 2.94 bits per heavy atom. The molecule has 0 aliphatic heterocycles. The third-order valence-corrected chi connectivity index (χ3v) is 2.56. The maximum Gasteiger partial charge on any atom is 0.224 e. The SMILES string of the molecule is CCOCCCC(=O)Nc1cccc(C)c1C#N. The van der Waals surface area contributed by atoms with Gasteiger partial charge in [-0.25, -0.2) is 0 Å². The Hall–Kier alpha value is -1.86. The Bertz CT molecular complexity index is 450. The third kappa shape index (κ3) is 4.19. The second kappa shape index (κ2) is 7.46. The highest BCUT2D eigenvalue weighted by molar-refractivity contribution is 5.92. The smallest absolute Gasteiger partial charge is 0.224 e. The van der Waals surface area contributed by atoms with Crippen molar-refractivity contribution in [2.75, 3.05) is 18.5 Å². The summed E-state index contributed by atoms with van der Waals surface area (Å²) >= 11 is 0. The topological polar surface area (TPSA) is 62.1 Å². The lowest BCUT2D eigenvalue weighted by Crippen LogP contribution is -2.13. The molecule has 0 saturated heterocycles. The highest BCUT2D eigenvalue weighted by atomic mass is 16.5. The second-order valence-corrected chi connectivity index (χ2v) is 3.96. The van der Waals surface area contributed by atoms with E-state index in [1.54, 1.807) is 6.07 Å². The van der Waals surface area contributed by atoms with Gasteiger partial charge in [0.1, 0.15) is 6.07 Å². The molecule has 4 nitrogen and oxygen atoms in total. The van der Waals surface area contributed by atoms with Crippen LogP contribution in [0.5, 0.6) is 0 Å². The Morgan fingerprint density at radius 2 is 2.28 bits per heavy atom. The van der Waals surface area contributed by atoms with Crippen molar-refractivity contribution >= 4 is 11.6 Å². The molecule has 1 amide bonds. The molecule has 1 aromatic rings. The average Bonchev–Trinajstić information content (AvgIpc) is 2.35. The first-order valence-electron chi connectivity index (χ1n) is 6.06. The number of nitrogens with zero attached hydrogens (tertiary/aromatic N) is 1. The van der Waals surface area contributed by atoms with Gasteiger partial charge in [0, 0.05) is 19.6 Å². The number of aryl methyl sites for hydroxylation is 1. The number of carbonyl (C=O) groups is 1. The quantitative estimate of drug-likeness (QED) is 0.785. The number of nitriles is 1. The number of hydrogen-bond donors (Lipinski definition) is 1. The maximum atomic E-state index is 11.7. The van der Waals surface area contributed by atoms with E-state index in [0.717, 1.165) is 5.56 Å². The van der Waals surface area contributed by atoms with E-state index in [9.17, 15) is 4.79 Å². The molecule has 4 heteroatoms. The van der Waals surface area contributed by atoms with Gasteiger partial charge in [0.25, 0.3) is 0 Å². The van der Waals surface area contributed by atoms with Crippen molar-refractivity contribution in [2.24, 2.45) is 0 Å². The molecule has 1 aromatic carbocycles. The van der Waals surface area contributed by atoms with Crippen molar-refractivity contribution < 1.29 is 9.53 Å². The zero-order valence-corrected chi connectivity index (χ0v) is 10.8. The first-order valence-corrected chi connectivity index (χ1v) is 6.06. The van der Waals surface area contributed by atoms with Crippen LogP contribution in [0.2, 0.25) is 0 Å². The third-order valence-electron chi connectivity index (χ3n) is 2.56. The molecule has 0 radical (unpaired) electrons. The van der Waals surface area contributed by atoms with Crippen molar-refractivity contribution in [2.45, 2.75) is 26.7 Å². The fraction of sp³-hybridized carbons (Fsp3) is 0.429. The summed E-state index contributed by atoms with van der Waals surface area (Å²) in [5.41, 5.74) is 1.97. The summed E-state index contributed by atoms with van der Waals surface area (Å²) in [5.74, 6) is -0.0863. The number of hydrogen-bond acceptors (Lipinski definition) is 3. The van der Waals surface area contributed by atoms with E-state index >= 15 is 0 Å². The van der Waals surface area contributed by atoms with Crippen LogP contribution in [0.1, 0.15) is 30.9 Å². The van der Waals surface area contributed by atoms with Crippen LogP contribution >= 0.6 is 0 Å². The maximum absolute atomic E-state index is 11.7. The van der Waals surface area contributed by atoms with E-state index in [2.05, 4.69) is 11.4 Å². The van der Waals surface area contributed by atoms with Gasteiger partial charge in [-0.1, -0.05) is 12.1 Å². The molecular weight excluding hydrogens is 228 g/mol. The molecule has 0 fully saturated rings. The minimum absolute atomic E-state index is 0.0863. The van der Waals surface area contributed by atoms with Gasteiger partial charge in [-0.05, 0) is 31.9 Å². The van der Waals surface area contributed by atoms with E-state index < -0.39 is 0 Å². The van der Waals surface area contributed by atoms with Gasteiger partial charge in [-0.3, -0.25) is 4.79 Å². The molecule has 1 N–H and O–H groups in total. The fourth-order valence-corrected chi connectivity index (χ4v) is 1.61. The van der Waals surface area contributed by atoms with Gasteiger partial charge in [-0.15, -0.1) is 0 Å². The highest BCUT2D eigenvalue weighted by Gasteiger charge is 2.08. The molecule has 0 aromatic heterocycles. The zero-order chi connectivity index (χ0) is 13.4. The summed E-state index contributed by atoms with van der Waals surface area (Å²) < 4.78 is 5.17. The lowest BCUT2D eigenvalue weighted by Gasteiger charge is -2.08. The molecule has 0 aliphatic carbocycles. The summed E-state index contributed by atoms with van der Waals surface area (Å²) in [4.78, 5) is 11.7. The van der Waals surface area contributed by atoms with Crippen LogP contribution in [0.3, 0.4) is 0 Å². The normalized spacial score (nSPS) is 9.83. The average molecular weight is 246 g/mol. The lowest BCUT2D eigenvalue weighted by atomic mass is 10.1.